The van der Waals surface area contributed by atoms with Crippen LogP contribution in [0.1, 0.15) is 84.5 Å². The first kappa shape index (κ1) is 23.9. The van der Waals surface area contributed by atoms with E-state index in [-0.39, 0.29) is 0 Å². The predicted molar refractivity (Wildman–Crippen MR) is 98.7 cm³/mol. The van der Waals surface area contributed by atoms with Gasteiger partial charge in [0.25, 0.3) is 0 Å². The summed E-state index contributed by atoms with van der Waals surface area (Å²) in [5.41, 5.74) is -0.700. The molecule has 156 valence electrons. The lowest BCUT2D eigenvalue weighted by Crippen LogP contribution is -3.07. The third kappa shape index (κ3) is 7.40. The predicted octanol–water partition coefficient (Wildman–Crippen LogP) is 6.23. The Morgan fingerprint density at radius 1 is 0.481 bits per heavy atom. The van der Waals surface area contributed by atoms with Gasteiger partial charge in [0, 0.05) is 0 Å². The largest absolute Gasteiger partial charge is 0.297 e. The van der Waals surface area contributed by atoms with Crippen LogP contribution < -0.4 is 4.90 Å². The topological polar surface area (TPSA) is 4.44 Å². The number of hydrogen-bond acceptors (Lipinski definition) is 0. The Hall–Kier alpha value is -1.17. The Kier molecular flexibility index (Phi) is 11.6. The fourth-order valence-electron chi connectivity index (χ4n) is 3.35. The summed E-state index contributed by atoms with van der Waals surface area (Å²) >= 11 is 0. The monoisotopic (exact) mass is 394 g/mol. The van der Waals surface area contributed by atoms with E-state index < -0.39 is 34.8 Å². The zero-order chi connectivity index (χ0) is 20.2. The summed E-state index contributed by atoms with van der Waals surface area (Å²) < 4.78 is 68.9. The van der Waals surface area contributed by atoms with Crippen LogP contribution in [0.2, 0.25) is 0 Å². The normalized spacial score (nSPS) is 12.6. The van der Waals surface area contributed by atoms with Gasteiger partial charge in [-0.2, -0.15) is 8.78 Å². The number of benzene rings is 1. The first-order valence-electron chi connectivity index (χ1n) is 10.3. The molecule has 1 nitrogen and oxygen atoms in total. The smallest absolute Gasteiger partial charge is 0.225 e. The first-order valence-corrected chi connectivity index (χ1v) is 10.3. The maximum absolute atomic E-state index is 14.2. The standard InChI is InChI=1S/C21H32F5N/c1-3-5-7-9-10-11-13-15-27(14-12-8-6-4-2)21-19(25)17(23)16(22)18(24)20(21)26/h3-15H2,1-2H3/p+1. The Balaban J connectivity index is 2.80. The molecule has 0 aliphatic heterocycles. The van der Waals surface area contributed by atoms with E-state index in [1.54, 1.807) is 0 Å². The molecule has 27 heavy (non-hydrogen) atoms. The number of halogens is 5. The summed E-state index contributed by atoms with van der Waals surface area (Å²) in [7, 11) is 0. The van der Waals surface area contributed by atoms with Gasteiger partial charge in [-0.25, -0.2) is 13.2 Å². The second-order valence-corrected chi connectivity index (χ2v) is 7.23. The van der Waals surface area contributed by atoms with Crippen LogP contribution in [-0.4, -0.2) is 13.1 Å². The van der Waals surface area contributed by atoms with E-state index in [9.17, 15) is 22.0 Å². The van der Waals surface area contributed by atoms with Crippen molar-refractivity contribution in [2.45, 2.75) is 84.5 Å². The first-order chi connectivity index (χ1) is 13.0. The number of hydrogen-bond donors (Lipinski definition) is 1. The van der Waals surface area contributed by atoms with Gasteiger partial charge in [-0.15, -0.1) is 0 Å². The van der Waals surface area contributed by atoms with Crippen LogP contribution in [0, 0.1) is 29.1 Å². The van der Waals surface area contributed by atoms with E-state index in [2.05, 4.69) is 6.92 Å². The molecule has 1 N–H and O–H groups in total. The average molecular weight is 394 g/mol. The summed E-state index contributed by atoms with van der Waals surface area (Å²) in [5.74, 6) is -9.18. The highest BCUT2D eigenvalue weighted by atomic mass is 19.2. The van der Waals surface area contributed by atoms with Crippen molar-refractivity contribution >= 4 is 5.69 Å². The number of unbranched alkanes of at least 4 members (excludes halogenated alkanes) is 9. The second kappa shape index (κ2) is 13.1. The SMILES string of the molecule is CCCCCCCCC[NH+](CCCCCC)c1c(F)c(F)c(F)c(F)c1F. The van der Waals surface area contributed by atoms with Crippen LogP contribution in [0.4, 0.5) is 27.6 Å². The summed E-state index contributed by atoms with van der Waals surface area (Å²) in [6.07, 6.45) is 10.8. The van der Waals surface area contributed by atoms with Crippen LogP contribution in [0.25, 0.3) is 0 Å². The number of quaternary nitrogens is 1. The second-order valence-electron chi connectivity index (χ2n) is 7.23. The minimum absolute atomic E-state index is 0.354. The van der Waals surface area contributed by atoms with Gasteiger partial charge >= 0.3 is 0 Å². The number of nitrogens with one attached hydrogen (secondary N) is 1. The molecule has 1 rings (SSSR count). The minimum atomic E-state index is -2.09. The van der Waals surface area contributed by atoms with Crippen molar-refractivity contribution in [2.24, 2.45) is 0 Å². The van der Waals surface area contributed by atoms with Crippen molar-refractivity contribution in [3.63, 3.8) is 0 Å². The zero-order valence-corrected chi connectivity index (χ0v) is 16.6. The van der Waals surface area contributed by atoms with Gasteiger partial charge in [-0.1, -0.05) is 58.8 Å². The lowest BCUT2D eigenvalue weighted by Gasteiger charge is -2.21. The molecule has 0 spiro atoms. The molecule has 1 aromatic carbocycles. The molecular formula is C21H33F5N+. The Bertz CT molecular complexity index is 533. The molecule has 0 fully saturated rings. The van der Waals surface area contributed by atoms with Crippen LogP contribution in [-0.2, 0) is 0 Å². The van der Waals surface area contributed by atoms with E-state index in [1.807, 2.05) is 6.92 Å². The van der Waals surface area contributed by atoms with Crippen molar-refractivity contribution in [3.05, 3.63) is 29.1 Å². The van der Waals surface area contributed by atoms with Gasteiger partial charge in [0.05, 0.1) is 13.1 Å². The average Bonchev–Trinajstić information content (AvgIpc) is 2.67. The summed E-state index contributed by atoms with van der Waals surface area (Å²) in [6.45, 7) is 4.93. The van der Waals surface area contributed by atoms with Crippen LogP contribution in [0.5, 0.6) is 0 Å². The molecule has 0 amide bonds. The quantitative estimate of drug-likeness (QED) is 0.165. The molecule has 0 aliphatic rings. The molecule has 1 aromatic rings. The lowest BCUT2D eigenvalue weighted by atomic mass is 10.1. The van der Waals surface area contributed by atoms with E-state index >= 15 is 0 Å². The highest BCUT2D eigenvalue weighted by Gasteiger charge is 2.32. The Morgan fingerprint density at radius 2 is 0.815 bits per heavy atom. The fourth-order valence-corrected chi connectivity index (χ4v) is 3.35. The summed E-state index contributed by atoms with van der Waals surface area (Å²) in [6, 6.07) is 0. The Labute approximate surface area is 159 Å². The van der Waals surface area contributed by atoms with E-state index in [1.165, 1.54) is 12.8 Å². The third-order valence-electron chi connectivity index (χ3n) is 4.98. The minimum Gasteiger partial charge on any atom is -0.297 e. The molecule has 0 saturated heterocycles. The summed E-state index contributed by atoms with van der Waals surface area (Å²) in [4.78, 5) is 0.354. The third-order valence-corrected chi connectivity index (χ3v) is 4.98. The van der Waals surface area contributed by atoms with Crippen LogP contribution in [0.15, 0.2) is 0 Å². The molecule has 6 heteroatoms. The lowest BCUT2D eigenvalue weighted by molar-refractivity contribution is -0.835. The van der Waals surface area contributed by atoms with Crippen LogP contribution in [0.3, 0.4) is 0 Å². The molecule has 0 aliphatic carbocycles. The molecule has 0 heterocycles. The van der Waals surface area contributed by atoms with Gasteiger partial charge < -0.3 is 0 Å². The molecule has 1 atom stereocenters. The zero-order valence-electron chi connectivity index (χ0n) is 16.6. The number of rotatable bonds is 14. The molecule has 0 bridgehead atoms. The van der Waals surface area contributed by atoms with Gasteiger partial charge in [-0.3, -0.25) is 4.90 Å². The van der Waals surface area contributed by atoms with E-state index in [0.717, 1.165) is 44.9 Å². The van der Waals surface area contributed by atoms with Crippen LogP contribution >= 0.6 is 0 Å². The molecule has 0 aromatic heterocycles. The van der Waals surface area contributed by atoms with Crippen molar-refractivity contribution in [1.82, 2.24) is 0 Å². The van der Waals surface area contributed by atoms with Gasteiger partial charge in [-0.05, 0) is 25.7 Å². The maximum atomic E-state index is 14.2. The molecule has 1 unspecified atom stereocenters. The molecule has 0 saturated carbocycles. The Morgan fingerprint density at radius 3 is 1.26 bits per heavy atom. The van der Waals surface area contributed by atoms with Gasteiger partial charge in [0.1, 0.15) is 0 Å². The van der Waals surface area contributed by atoms with Gasteiger partial charge in [0.15, 0.2) is 0 Å². The van der Waals surface area contributed by atoms with E-state index in [4.69, 9.17) is 0 Å². The highest BCUT2D eigenvalue weighted by Crippen LogP contribution is 2.24. The van der Waals surface area contributed by atoms with Gasteiger partial charge in [0.2, 0.25) is 34.8 Å². The maximum Gasteiger partial charge on any atom is 0.225 e. The fraction of sp³-hybridized carbons (Fsp3) is 0.714. The highest BCUT2D eigenvalue weighted by molar-refractivity contribution is 5.35. The van der Waals surface area contributed by atoms with Crippen molar-refractivity contribution in [3.8, 4) is 0 Å². The van der Waals surface area contributed by atoms with Crippen molar-refractivity contribution in [1.29, 1.82) is 0 Å². The van der Waals surface area contributed by atoms with E-state index in [0.29, 0.717) is 30.8 Å². The van der Waals surface area contributed by atoms with Crippen molar-refractivity contribution < 1.29 is 26.9 Å². The van der Waals surface area contributed by atoms with Crippen molar-refractivity contribution in [2.75, 3.05) is 13.1 Å². The molecule has 0 radical (unpaired) electrons. The molecular weight excluding hydrogens is 361 g/mol. The summed E-state index contributed by atoms with van der Waals surface area (Å²) in [5, 5.41) is 0.